The number of benzene rings is 2. The summed E-state index contributed by atoms with van der Waals surface area (Å²) in [5, 5.41) is 12.0. The van der Waals surface area contributed by atoms with Crippen LogP contribution in [0.3, 0.4) is 0 Å². The zero-order valence-corrected chi connectivity index (χ0v) is 14.9. The number of methoxy groups -OCH3 is 1. The molecule has 1 atom stereocenters. The first-order valence-corrected chi connectivity index (χ1v) is 8.28. The number of alkyl carbamates (subject to hydrolysis) is 1. The van der Waals surface area contributed by atoms with E-state index in [1.165, 1.54) is 6.92 Å². The van der Waals surface area contributed by atoms with E-state index in [0.29, 0.717) is 6.42 Å². The number of ether oxygens (including phenoxy) is 2. The molecule has 26 heavy (non-hydrogen) atoms. The third-order valence-electron chi connectivity index (χ3n) is 4.14. The molecule has 1 amide bonds. The van der Waals surface area contributed by atoms with Crippen LogP contribution in [0.1, 0.15) is 24.5 Å². The molecule has 0 fully saturated rings. The highest BCUT2D eigenvalue weighted by Crippen LogP contribution is 2.18. The molecule has 0 aliphatic rings. The van der Waals surface area contributed by atoms with Crippen molar-refractivity contribution < 1.29 is 24.2 Å². The minimum absolute atomic E-state index is 0.0842. The fourth-order valence-electron chi connectivity index (χ4n) is 2.39. The number of carbonyl (C=O) groups is 2. The van der Waals surface area contributed by atoms with Crippen molar-refractivity contribution in [1.82, 2.24) is 5.32 Å². The highest BCUT2D eigenvalue weighted by atomic mass is 16.5. The quantitative estimate of drug-likeness (QED) is 0.756. The lowest BCUT2D eigenvalue weighted by atomic mass is 9.93. The molecular formula is C20H23NO5. The maximum Gasteiger partial charge on any atom is 0.408 e. The van der Waals surface area contributed by atoms with Crippen LogP contribution in [0.5, 0.6) is 5.75 Å². The Morgan fingerprint density at radius 1 is 1.04 bits per heavy atom. The van der Waals surface area contributed by atoms with Crippen molar-refractivity contribution in [2.24, 2.45) is 0 Å². The van der Waals surface area contributed by atoms with Gasteiger partial charge in [0.2, 0.25) is 0 Å². The van der Waals surface area contributed by atoms with Crippen LogP contribution in [0, 0.1) is 0 Å². The van der Waals surface area contributed by atoms with Crippen LogP contribution in [0.15, 0.2) is 54.6 Å². The summed E-state index contributed by atoms with van der Waals surface area (Å²) in [6.45, 7) is 1.56. The van der Waals surface area contributed by atoms with Crippen LogP contribution in [0.4, 0.5) is 4.79 Å². The summed E-state index contributed by atoms with van der Waals surface area (Å²) < 4.78 is 10.2. The number of rotatable bonds is 8. The zero-order valence-electron chi connectivity index (χ0n) is 14.9. The molecule has 6 nitrogen and oxygen atoms in total. The van der Waals surface area contributed by atoms with Gasteiger partial charge in [-0.3, -0.25) is 0 Å². The zero-order chi connectivity index (χ0) is 19.0. The van der Waals surface area contributed by atoms with Gasteiger partial charge in [0.1, 0.15) is 17.9 Å². The van der Waals surface area contributed by atoms with Gasteiger partial charge in [0.05, 0.1) is 7.11 Å². The number of hydrogen-bond donors (Lipinski definition) is 2. The van der Waals surface area contributed by atoms with Gasteiger partial charge in [0.25, 0.3) is 0 Å². The largest absolute Gasteiger partial charge is 0.497 e. The molecule has 0 saturated carbocycles. The lowest BCUT2D eigenvalue weighted by Gasteiger charge is -2.26. The van der Waals surface area contributed by atoms with Crippen LogP contribution in [0.2, 0.25) is 0 Å². The van der Waals surface area contributed by atoms with Crippen LogP contribution < -0.4 is 10.1 Å². The molecule has 0 aromatic heterocycles. The van der Waals surface area contributed by atoms with Crippen molar-refractivity contribution in [3.8, 4) is 5.75 Å². The van der Waals surface area contributed by atoms with E-state index >= 15 is 0 Å². The van der Waals surface area contributed by atoms with E-state index in [9.17, 15) is 14.7 Å². The molecule has 1 unspecified atom stereocenters. The normalized spacial score (nSPS) is 12.7. The molecule has 6 heteroatoms. The number of nitrogens with one attached hydrogen (secondary N) is 1. The Morgan fingerprint density at radius 2 is 1.69 bits per heavy atom. The van der Waals surface area contributed by atoms with Crippen molar-refractivity contribution in [3.05, 3.63) is 65.7 Å². The van der Waals surface area contributed by atoms with Crippen LogP contribution in [-0.4, -0.2) is 29.8 Å². The molecule has 138 valence electrons. The second-order valence-electron chi connectivity index (χ2n) is 6.17. The van der Waals surface area contributed by atoms with Crippen molar-refractivity contribution in [3.63, 3.8) is 0 Å². The third-order valence-corrected chi connectivity index (χ3v) is 4.14. The average Bonchev–Trinajstić information content (AvgIpc) is 2.66. The number of aliphatic carboxylic acids is 1. The Balaban J connectivity index is 1.92. The van der Waals surface area contributed by atoms with Gasteiger partial charge in [-0.05, 0) is 43.0 Å². The van der Waals surface area contributed by atoms with Gasteiger partial charge in [-0.15, -0.1) is 0 Å². The molecule has 0 saturated heterocycles. The first-order chi connectivity index (χ1) is 12.4. The van der Waals surface area contributed by atoms with Crippen LogP contribution >= 0.6 is 0 Å². The predicted octanol–water partition coefficient (Wildman–Crippen LogP) is 3.40. The fourth-order valence-corrected chi connectivity index (χ4v) is 2.39. The maximum absolute atomic E-state index is 12.0. The number of aryl methyl sites for hydroxylation is 1. The highest BCUT2D eigenvalue weighted by molar-refractivity contribution is 5.83. The summed E-state index contributed by atoms with van der Waals surface area (Å²) in [5.74, 6) is -0.375. The molecule has 2 aromatic carbocycles. The van der Waals surface area contributed by atoms with Gasteiger partial charge in [-0.25, -0.2) is 9.59 Å². The summed E-state index contributed by atoms with van der Waals surface area (Å²) in [6, 6.07) is 16.6. The third kappa shape index (κ3) is 5.51. The van der Waals surface area contributed by atoms with Crippen molar-refractivity contribution in [2.45, 2.75) is 31.9 Å². The number of carboxylic acid groups (broad SMARTS) is 1. The van der Waals surface area contributed by atoms with Crippen LogP contribution in [0.25, 0.3) is 0 Å². The Morgan fingerprint density at radius 3 is 2.27 bits per heavy atom. The minimum atomic E-state index is -1.42. The second-order valence-corrected chi connectivity index (χ2v) is 6.17. The van der Waals surface area contributed by atoms with Crippen molar-refractivity contribution in [1.29, 1.82) is 0 Å². The molecule has 0 heterocycles. The topological polar surface area (TPSA) is 84.9 Å². The molecule has 0 aliphatic carbocycles. The molecule has 2 rings (SSSR count). The number of amides is 1. The standard InChI is InChI=1S/C20H23NO5/c1-20(18(22)23,13-12-15-8-10-17(25-2)11-9-15)21-19(24)26-14-16-6-4-3-5-7-16/h3-11H,12-14H2,1-2H3,(H,21,24)(H,22,23). The van der Waals surface area contributed by atoms with Crippen LogP contribution in [-0.2, 0) is 22.6 Å². The number of hydrogen-bond acceptors (Lipinski definition) is 4. The second kappa shape index (κ2) is 8.89. The maximum atomic E-state index is 12.0. The Labute approximate surface area is 152 Å². The lowest BCUT2D eigenvalue weighted by molar-refractivity contribution is -0.144. The SMILES string of the molecule is COc1ccc(CCC(C)(NC(=O)OCc2ccccc2)C(=O)O)cc1. The first kappa shape index (κ1) is 19.3. The van der Waals surface area contributed by atoms with Crippen molar-refractivity contribution >= 4 is 12.1 Å². The average molecular weight is 357 g/mol. The fraction of sp³-hybridized carbons (Fsp3) is 0.300. The van der Waals surface area contributed by atoms with E-state index in [4.69, 9.17) is 9.47 Å². The van der Waals surface area contributed by atoms with E-state index in [0.717, 1.165) is 16.9 Å². The number of carboxylic acids is 1. The Hall–Kier alpha value is -3.02. The van der Waals surface area contributed by atoms with E-state index in [1.54, 1.807) is 7.11 Å². The van der Waals surface area contributed by atoms with Gasteiger partial charge in [0.15, 0.2) is 0 Å². The molecule has 2 aromatic rings. The summed E-state index contributed by atoms with van der Waals surface area (Å²) in [6.07, 6.45) is -0.0330. The molecule has 0 radical (unpaired) electrons. The van der Waals surface area contributed by atoms with E-state index in [-0.39, 0.29) is 13.0 Å². The number of carbonyl (C=O) groups excluding carboxylic acids is 1. The lowest BCUT2D eigenvalue weighted by Crippen LogP contribution is -2.52. The summed E-state index contributed by atoms with van der Waals surface area (Å²) in [4.78, 5) is 23.7. The molecule has 0 bridgehead atoms. The summed E-state index contributed by atoms with van der Waals surface area (Å²) in [5.41, 5.74) is 0.365. The van der Waals surface area contributed by atoms with Gasteiger partial charge in [-0.2, -0.15) is 0 Å². The van der Waals surface area contributed by atoms with E-state index < -0.39 is 17.6 Å². The van der Waals surface area contributed by atoms with Gasteiger partial charge in [0, 0.05) is 0 Å². The Bertz CT molecular complexity index is 730. The van der Waals surface area contributed by atoms with E-state index in [2.05, 4.69) is 5.32 Å². The highest BCUT2D eigenvalue weighted by Gasteiger charge is 2.35. The van der Waals surface area contributed by atoms with Gasteiger partial charge < -0.3 is 19.9 Å². The van der Waals surface area contributed by atoms with Crippen molar-refractivity contribution in [2.75, 3.05) is 7.11 Å². The smallest absolute Gasteiger partial charge is 0.408 e. The molecule has 0 spiro atoms. The van der Waals surface area contributed by atoms with Gasteiger partial charge in [-0.1, -0.05) is 42.5 Å². The Kier molecular flexibility index (Phi) is 6.60. The predicted molar refractivity (Wildman–Crippen MR) is 97.1 cm³/mol. The monoisotopic (exact) mass is 357 g/mol. The molecule has 0 aliphatic heterocycles. The summed E-state index contributed by atoms with van der Waals surface area (Å²) >= 11 is 0. The van der Waals surface area contributed by atoms with E-state index in [1.807, 2.05) is 54.6 Å². The first-order valence-electron chi connectivity index (χ1n) is 8.28. The van der Waals surface area contributed by atoms with Gasteiger partial charge >= 0.3 is 12.1 Å². The minimum Gasteiger partial charge on any atom is -0.497 e. The summed E-state index contributed by atoms with van der Waals surface area (Å²) in [7, 11) is 1.58. The molecule has 2 N–H and O–H groups in total. The molecular weight excluding hydrogens is 334 g/mol.